The Bertz CT molecular complexity index is 839. The number of pyridine rings is 1. The number of para-hydroxylation sites is 1. The fourth-order valence-corrected chi connectivity index (χ4v) is 2.03. The van der Waals surface area contributed by atoms with E-state index in [1.165, 1.54) is 6.20 Å². The number of tetrazole rings is 1. The molecule has 1 atom stereocenters. The Kier molecular flexibility index (Phi) is 3.19. The summed E-state index contributed by atoms with van der Waals surface area (Å²) in [5, 5.41) is 16.4. The van der Waals surface area contributed by atoms with Gasteiger partial charge in [-0.05, 0) is 19.1 Å². The molecule has 0 saturated heterocycles. The van der Waals surface area contributed by atoms with Crippen molar-refractivity contribution in [2.24, 2.45) is 0 Å². The molecule has 0 aliphatic rings. The number of hydrogen-bond acceptors (Lipinski definition) is 5. The van der Waals surface area contributed by atoms with E-state index in [0.29, 0.717) is 16.7 Å². The Hall–Kier alpha value is -3.03. The molecular weight excluding hydrogens is 272 g/mol. The Labute approximate surface area is 118 Å². The minimum atomic E-state index is -0.487. The number of aromatic amines is 2. The van der Waals surface area contributed by atoms with Gasteiger partial charge in [-0.15, -0.1) is 10.2 Å². The van der Waals surface area contributed by atoms with Crippen molar-refractivity contribution in [2.75, 3.05) is 0 Å². The Morgan fingerprint density at radius 1 is 1.33 bits per heavy atom. The molecule has 21 heavy (non-hydrogen) atoms. The fourth-order valence-electron chi connectivity index (χ4n) is 2.03. The third-order valence-corrected chi connectivity index (χ3v) is 3.13. The van der Waals surface area contributed by atoms with E-state index in [1.807, 2.05) is 6.07 Å². The lowest BCUT2D eigenvalue weighted by molar-refractivity contribution is 0.0937. The maximum Gasteiger partial charge on any atom is 0.257 e. The molecule has 0 radical (unpaired) electrons. The Morgan fingerprint density at radius 2 is 2.14 bits per heavy atom. The van der Waals surface area contributed by atoms with Crippen molar-refractivity contribution in [3.05, 3.63) is 52.1 Å². The Morgan fingerprint density at radius 3 is 2.90 bits per heavy atom. The van der Waals surface area contributed by atoms with Gasteiger partial charge in [-0.2, -0.15) is 5.21 Å². The average Bonchev–Trinajstić information content (AvgIpc) is 3.02. The lowest BCUT2D eigenvalue weighted by Crippen LogP contribution is -2.31. The van der Waals surface area contributed by atoms with E-state index in [0.717, 1.165) is 0 Å². The fraction of sp³-hybridized carbons (Fsp3) is 0.154. The third kappa shape index (κ3) is 2.38. The van der Waals surface area contributed by atoms with Gasteiger partial charge in [0.2, 0.25) is 5.43 Å². The van der Waals surface area contributed by atoms with Crippen molar-refractivity contribution in [1.29, 1.82) is 0 Å². The number of nitrogens with zero attached hydrogens (tertiary/aromatic N) is 3. The first-order chi connectivity index (χ1) is 10.2. The quantitative estimate of drug-likeness (QED) is 0.648. The second-order valence-electron chi connectivity index (χ2n) is 4.54. The predicted octanol–water partition coefficient (Wildman–Crippen LogP) is 0.532. The van der Waals surface area contributed by atoms with Crippen molar-refractivity contribution in [3.8, 4) is 0 Å². The molecule has 0 spiro atoms. The molecule has 1 aromatic carbocycles. The third-order valence-electron chi connectivity index (χ3n) is 3.13. The summed E-state index contributed by atoms with van der Waals surface area (Å²) in [5.41, 5.74) is 0.413. The van der Waals surface area contributed by atoms with Crippen molar-refractivity contribution in [3.63, 3.8) is 0 Å². The molecule has 106 valence electrons. The highest BCUT2D eigenvalue weighted by Crippen LogP contribution is 2.09. The summed E-state index contributed by atoms with van der Waals surface area (Å²) in [6.07, 6.45) is 1.41. The molecule has 8 nitrogen and oxygen atoms in total. The minimum absolute atomic E-state index is 0.0454. The summed E-state index contributed by atoms with van der Waals surface area (Å²) >= 11 is 0. The molecule has 0 aliphatic carbocycles. The molecule has 2 heterocycles. The summed E-state index contributed by atoms with van der Waals surface area (Å²) in [7, 11) is 0. The van der Waals surface area contributed by atoms with Gasteiger partial charge in [0.15, 0.2) is 5.82 Å². The van der Waals surface area contributed by atoms with Crippen LogP contribution in [-0.2, 0) is 0 Å². The highest BCUT2D eigenvalue weighted by molar-refractivity contribution is 5.97. The van der Waals surface area contributed by atoms with Gasteiger partial charge in [0, 0.05) is 17.1 Å². The van der Waals surface area contributed by atoms with Crippen LogP contribution in [0.2, 0.25) is 0 Å². The number of carbonyl (C=O) groups is 1. The monoisotopic (exact) mass is 284 g/mol. The van der Waals surface area contributed by atoms with Gasteiger partial charge in [0.05, 0.1) is 6.04 Å². The van der Waals surface area contributed by atoms with Crippen LogP contribution in [0.1, 0.15) is 29.1 Å². The van der Waals surface area contributed by atoms with E-state index in [1.54, 1.807) is 25.1 Å². The maximum absolute atomic E-state index is 12.3. The molecule has 0 saturated carbocycles. The SMILES string of the molecule is CC(NC(=O)c1c[nH]c2ccccc2c1=O)c1nn[nH]n1. The van der Waals surface area contributed by atoms with Gasteiger partial charge in [-0.1, -0.05) is 17.3 Å². The van der Waals surface area contributed by atoms with Crippen molar-refractivity contribution < 1.29 is 4.79 Å². The molecule has 3 aromatic rings. The molecule has 0 fully saturated rings. The highest BCUT2D eigenvalue weighted by Gasteiger charge is 2.17. The summed E-state index contributed by atoms with van der Waals surface area (Å²) in [6, 6.07) is 6.56. The Balaban J connectivity index is 1.92. The number of nitrogens with one attached hydrogen (secondary N) is 3. The first kappa shape index (κ1) is 13.0. The van der Waals surface area contributed by atoms with E-state index in [9.17, 15) is 9.59 Å². The zero-order valence-electron chi connectivity index (χ0n) is 11.1. The van der Waals surface area contributed by atoms with Crippen LogP contribution in [0.4, 0.5) is 0 Å². The number of benzene rings is 1. The molecule has 0 aliphatic heterocycles. The predicted molar refractivity (Wildman–Crippen MR) is 74.6 cm³/mol. The van der Waals surface area contributed by atoms with E-state index in [-0.39, 0.29) is 11.0 Å². The van der Waals surface area contributed by atoms with Crippen molar-refractivity contribution in [1.82, 2.24) is 30.9 Å². The first-order valence-corrected chi connectivity index (χ1v) is 6.31. The number of aromatic nitrogens is 5. The largest absolute Gasteiger partial charge is 0.360 e. The molecular formula is C13H12N6O2. The molecule has 2 aromatic heterocycles. The number of hydrogen-bond donors (Lipinski definition) is 3. The number of rotatable bonds is 3. The molecule has 3 N–H and O–H groups in total. The minimum Gasteiger partial charge on any atom is -0.360 e. The van der Waals surface area contributed by atoms with Crippen LogP contribution in [0.25, 0.3) is 10.9 Å². The average molecular weight is 284 g/mol. The summed E-state index contributed by atoms with van der Waals surface area (Å²) in [4.78, 5) is 27.4. The van der Waals surface area contributed by atoms with Crippen molar-refractivity contribution >= 4 is 16.8 Å². The van der Waals surface area contributed by atoms with Gasteiger partial charge in [0.25, 0.3) is 5.91 Å². The van der Waals surface area contributed by atoms with Crippen LogP contribution in [0.5, 0.6) is 0 Å². The molecule has 1 amide bonds. The van der Waals surface area contributed by atoms with Crippen LogP contribution in [-0.4, -0.2) is 31.5 Å². The normalized spacial score (nSPS) is 12.2. The van der Waals surface area contributed by atoms with E-state index in [4.69, 9.17) is 0 Å². The van der Waals surface area contributed by atoms with Gasteiger partial charge in [-0.25, -0.2) is 0 Å². The van der Waals surface area contributed by atoms with Gasteiger partial charge in [-0.3, -0.25) is 9.59 Å². The van der Waals surface area contributed by atoms with Crippen LogP contribution in [0, 0.1) is 0 Å². The molecule has 8 heteroatoms. The summed E-state index contributed by atoms with van der Waals surface area (Å²) in [6.45, 7) is 1.71. The number of amides is 1. The number of fused-ring (bicyclic) bond motifs is 1. The second-order valence-corrected chi connectivity index (χ2v) is 4.54. The first-order valence-electron chi connectivity index (χ1n) is 6.31. The highest BCUT2D eigenvalue weighted by atomic mass is 16.2. The second kappa shape index (κ2) is 5.16. The van der Waals surface area contributed by atoms with Gasteiger partial charge in [0.1, 0.15) is 5.56 Å². The van der Waals surface area contributed by atoms with Crippen LogP contribution < -0.4 is 10.7 Å². The molecule has 3 rings (SSSR count). The van der Waals surface area contributed by atoms with E-state index in [2.05, 4.69) is 30.9 Å². The lowest BCUT2D eigenvalue weighted by atomic mass is 10.1. The van der Waals surface area contributed by atoms with Crippen LogP contribution in [0.3, 0.4) is 0 Å². The van der Waals surface area contributed by atoms with Gasteiger partial charge < -0.3 is 10.3 Å². The van der Waals surface area contributed by atoms with E-state index < -0.39 is 11.9 Å². The van der Waals surface area contributed by atoms with Crippen LogP contribution in [0.15, 0.2) is 35.3 Å². The van der Waals surface area contributed by atoms with Crippen molar-refractivity contribution in [2.45, 2.75) is 13.0 Å². The zero-order chi connectivity index (χ0) is 14.8. The van der Waals surface area contributed by atoms with Crippen LogP contribution >= 0.6 is 0 Å². The molecule has 1 unspecified atom stereocenters. The zero-order valence-corrected chi connectivity index (χ0v) is 11.1. The van der Waals surface area contributed by atoms with E-state index >= 15 is 0 Å². The topological polar surface area (TPSA) is 116 Å². The lowest BCUT2D eigenvalue weighted by Gasteiger charge is -2.09. The smallest absolute Gasteiger partial charge is 0.257 e. The van der Waals surface area contributed by atoms with Gasteiger partial charge >= 0.3 is 0 Å². The summed E-state index contributed by atoms with van der Waals surface area (Å²) < 4.78 is 0. The summed E-state index contributed by atoms with van der Waals surface area (Å²) in [5.74, 6) is -0.139. The maximum atomic E-state index is 12.3. The molecule has 0 bridgehead atoms. The number of carbonyl (C=O) groups excluding carboxylic acids is 1. The number of H-pyrrole nitrogens is 2. The standard InChI is InChI=1S/C13H12N6O2/c1-7(12-16-18-19-17-12)15-13(21)9-6-14-10-5-3-2-4-8(10)11(9)20/h2-7H,1H3,(H,14,20)(H,15,21)(H,16,17,18,19).